The number of carbonyl (C=O) groups excluding carboxylic acids is 1. The van der Waals surface area contributed by atoms with Crippen LogP contribution in [0, 0.1) is 11.3 Å². The molecule has 3 rings (SSSR count). The highest BCUT2D eigenvalue weighted by Crippen LogP contribution is 2.28. The van der Waals surface area contributed by atoms with E-state index in [9.17, 15) is 10.1 Å². The standard InChI is InChI=1S/C24H30N4O2/c1-4-5-14-30-22-9-6-18(7-10-22)24(29)26-20-8-11-23(19(15-20)16-25)28-13-12-21(17-28)27(2)3/h6-11,15,21H,4-5,12-14,17H2,1-3H3,(H,26,29). The zero-order chi connectivity index (χ0) is 21.5. The second-order valence-electron chi connectivity index (χ2n) is 7.88. The Labute approximate surface area is 179 Å². The lowest BCUT2D eigenvalue weighted by Gasteiger charge is -2.23. The van der Waals surface area contributed by atoms with Crippen molar-refractivity contribution in [2.45, 2.75) is 32.2 Å². The molecular weight excluding hydrogens is 376 g/mol. The second-order valence-corrected chi connectivity index (χ2v) is 7.88. The molecule has 0 bridgehead atoms. The average Bonchev–Trinajstić information content (AvgIpc) is 3.25. The molecule has 1 aliphatic rings. The Bertz CT molecular complexity index is 902. The van der Waals surface area contributed by atoms with Crippen molar-refractivity contribution in [1.82, 2.24) is 4.90 Å². The number of nitrogens with one attached hydrogen (secondary N) is 1. The van der Waals surface area contributed by atoms with Gasteiger partial charge in [0, 0.05) is 30.4 Å². The van der Waals surface area contributed by atoms with Crippen LogP contribution in [0.4, 0.5) is 11.4 Å². The molecule has 0 radical (unpaired) electrons. The smallest absolute Gasteiger partial charge is 0.255 e. The third kappa shape index (κ3) is 5.31. The number of amides is 1. The molecule has 6 nitrogen and oxygen atoms in total. The van der Waals surface area contributed by atoms with E-state index in [0.717, 1.165) is 43.8 Å². The number of nitrogens with zero attached hydrogens (tertiary/aromatic N) is 3. The molecule has 0 aliphatic carbocycles. The highest BCUT2D eigenvalue weighted by molar-refractivity contribution is 6.04. The van der Waals surface area contributed by atoms with Gasteiger partial charge in [-0.2, -0.15) is 5.26 Å². The fraction of sp³-hybridized carbons (Fsp3) is 0.417. The molecule has 1 aliphatic heterocycles. The van der Waals surface area contributed by atoms with E-state index in [0.29, 0.717) is 29.5 Å². The Kier molecular flexibility index (Phi) is 7.31. The van der Waals surface area contributed by atoms with Gasteiger partial charge in [-0.1, -0.05) is 13.3 Å². The van der Waals surface area contributed by atoms with Crippen LogP contribution in [-0.4, -0.2) is 50.6 Å². The van der Waals surface area contributed by atoms with Gasteiger partial charge < -0.3 is 19.9 Å². The van der Waals surface area contributed by atoms with Gasteiger partial charge in [-0.15, -0.1) is 0 Å². The predicted octanol–water partition coefficient (Wildman–Crippen LogP) is 4.13. The number of likely N-dealkylation sites (N-methyl/N-ethyl adjacent to an activating group) is 1. The molecule has 1 saturated heterocycles. The molecular formula is C24H30N4O2. The number of hydrogen-bond acceptors (Lipinski definition) is 5. The molecule has 0 aromatic heterocycles. The number of ether oxygens (including phenoxy) is 1. The van der Waals surface area contributed by atoms with Crippen LogP contribution in [-0.2, 0) is 0 Å². The van der Waals surface area contributed by atoms with Crippen molar-refractivity contribution < 1.29 is 9.53 Å². The van der Waals surface area contributed by atoms with Crippen LogP contribution in [0.1, 0.15) is 42.1 Å². The summed E-state index contributed by atoms with van der Waals surface area (Å²) in [4.78, 5) is 17.1. The summed E-state index contributed by atoms with van der Waals surface area (Å²) in [5.41, 5.74) is 2.67. The molecule has 1 heterocycles. The van der Waals surface area contributed by atoms with E-state index in [2.05, 4.69) is 42.2 Å². The van der Waals surface area contributed by atoms with Gasteiger partial charge in [0.2, 0.25) is 0 Å². The van der Waals surface area contributed by atoms with E-state index >= 15 is 0 Å². The average molecular weight is 407 g/mol. The molecule has 1 amide bonds. The predicted molar refractivity (Wildman–Crippen MR) is 120 cm³/mol. The van der Waals surface area contributed by atoms with Gasteiger partial charge in [-0.3, -0.25) is 4.79 Å². The van der Waals surface area contributed by atoms with Gasteiger partial charge in [0.25, 0.3) is 5.91 Å². The Morgan fingerprint density at radius 1 is 1.27 bits per heavy atom. The van der Waals surface area contributed by atoms with Crippen LogP contribution >= 0.6 is 0 Å². The first-order valence-electron chi connectivity index (χ1n) is 10.5. The lowest BCUT2D eigenvalue weighted by molar-refractivity contribution is 0.102. The monoisotopic (exact) mass is 406 g/mol. The first-order chi connectivity index (χ1) is 14.5. The van der Waals surface area contributed by atoms with Gasteiger partial charge in [-0.05, 0) is 69.4 Å². The maximum atomic E-state index is 12.6. The van der Waals surface area contributed by atoms with Crippen molar-refractivity contribution in [2.75, 3.05) is 44.0 Å². The largest absolute Gasteiger partial charge is 0.494 e. The van der Waals surface area contributed by atoms with Crippen molar-refractivity contribution in [1.29, 1.82) is 5.26 Å². The molecule has 1 fully saturated rings. The molecule has 1 atom stereocenters. The van der Waals surface area contributed by atoms with Gasteiger partial charge in [0.15, 0.2) is 0 Å². The van der Waals surface area contributed by atoms with Crippen molar-refractivity contribution in [3.8, 4) is 11.8 Å². The minimum absolute atomic E-state index is 0.208. The number of unbranched alkanes of at least 4 members (excludes halogenated alkanes) is 1. The topological polar surface area (TPSA) is 68.6 Å². The van der Waals surface area contributed by atoms with Crippen molar-refractivity contribution in [2.24, 2.45) is 0 Å². The zero-order valence-corrected chi connectivity index (χ0v) is 18.0. The molecule has 1 unspecified atom stereocenters. The molecule has 2 aromatic carbocycles. The summed E-state index contributed by atoms with van der Waals surface area (Å²) >= 11 is 0. The number of hydrogen-bond donors (Lipinski definition) is 1. The Hall–Kier alpha value is -3.04. The lowest BCUT2D eigenvalue weighted by Crippen LogP contribution is -2.31. The molecule has 158 valence electrons. The van der Waals surface area contributed by atoms with E-state index < -0.39 is 0 Å². The zero-order valence-electron chi connectivity index (χ0n) is 18.0. The highest BCUT2D eigenvalue weighted by Gasteiger charge is 2.25. The van der Waals surface area contributed by atoms with E-state index in [1.807, 2.05) is 24.3 Å². The first-order valence-corrected chi connectivity index (χ1v) is 10.5. The number of benzene rings is 2. The van der Waals surface area contributed by atoms with Gasteiger partial charge in [0.05, 0.1) is 17.9 Å². The fourth-order valence-corrected chi connectivity index (χ4v) is 3.60. The summed E-state index contributed by atoms with van der Waals surface area (Å²) in [5.74, 6) is 0.554. The quantitative estimate of drug-likeness (QED) is 0.668. The summed E-state index contributed by atoms with van der Waals surface area (Å²) in [6.07, 6.45) is 3.17. The van der Waals surface area contributed by atoms with Crippen LogP contribution in [0.2, 0.25) is 0 Å². The van der Waals surface area contributed by atoms with Crippen molar-refractivity contribution >= 4 is 17.3 Å². The maximum absolute atomic E-state index is 12.6. The second kappa shape index (κ2) is 10.1. The van der Waals surface area contributed by atoms with Crippen molar-refractivity contribution in [3.05, 3.63) is 53.6 Å². The summed E-state index contributed by atoms with van der Waals surface area (Å²) in [7, 11) is 4.17. The molecule has 2 aromatic rings. The number of nitriles is 1. The third-order valence-corrected chi connectivity index (χ3v) is 5.49. The van der Waals surface area contributed by atoms with E-state index in [-0.39, 0.29) is 5.91 Å². The Morgan fingerprint density at radius 3 is 2.67 bits per heavy atom. The minimum Gasteiger partial charge on any atom is -0.494 e. The van der Waals surface area contributed by atoms with Crippen LogP contribution in [0.25, 0.3) is 0 Å². The van der Waals surface area contributed by atoms with Crippen molar-refractivity contribution in [3.63, 3.8) is 0 Å². The Balaban J connectivity index is 1.65. The maximum Gasteiger partial charge on any atom is 0.255 e. The van der Waals surface area contributed by atoms with Gasteiger partial charge in [0.1, 0.15) is 11.8 Å². The number of rotatable bonds is 8. The SMILES string of the molecule is CCCCOc1ccc(C(=O)Nc2ccc(N3CCC(N(C)C)C3)c(C#N)c2)cc1. The van der Waals surface area contributed by atoms with Gasteiger partial charge >= 0.3 is 0 Å². The third-order valence-electron chi connectivity index (χ3n) is 5.49. The summed E-state index contributed by atoms with van der Waals surface area (Å²) in [6, 6.07) is 15.4. The lowest BCUT2D eigenvalue weighted by atomic mass is 10.1. The van der Waals surface area contributed by atoms with E-state index in [4.69, 9.17) is 4.74 Å². The fourth-order valence-electron chi connectivity index (χ4n) is 3.60. The molecule has 1 N–H and O–H groups in total. The molecule has 0 saturated carbocycles. The molecule has 0 spiro atoms. The molecule has 30 heavy (non-hydrogen) atoms. The van der Waals surface area contributed by atoms with Crippen LogP contribution < -0.4 is 15.0 Å². The molecule has 6 heteroatoms. The first kappa shape index (κ1) is 21.7. The normalized spacial score (nSPS) is 15.8. The summed E-state index contributed by atoms with van der Waals surface area (Å²) in [5, 5.41) is 12.5. The van der Waals surface area contributed by atoms with Crippen LogP contribution in [0.15, 0.2) is 42.5 Å². The van der Waals surface area contributed by atoms with Gasteiger partial charge in [-0.25, -0.2) is 0 Å². The minimum atomic E-state index is -0.208. The summed E-state index contributed by atoms with van der Waals surface area (Å²) in [6.45, 7) is 4.63. The van der Waals surface area contributed by atoms with E-state index in [1.165, 1.54) is 0 Å². The summed E-state index contributed by atoms with van der Waals surface area (Å²) < 4.78 is 5.64. The number of anilines is 2. The van der Waals surface area contributed by atoms with Crippen LogP contribution in [0.5, 0.6) is 5.75 Å². The van der Waals surface area contributed by atoms with E-state index in [1.54, 1.807) is 18.2 Å². The highest BCUT2D eigenvalue weighted by atomic mass is 16.5. The van der Waals surface area contributed by atoms with Crippen LogP contribution in [0.3, 0.4) is 0 Å². The Morgan fingerprint density at radius 2 is 2.03 bits per heavy atom. The number of carbonyl (C=O) groups is 1.